The molecule has 0 aliphatic carbocycles. The van der Waals surface area contributed by atoms with Gasteiger partial charge in [0.25, 0.3) is 0 Å². The van der Waals surface area contributed by atoms with E-state index in [1.165, 1.54) is 4.88 Å². The summed E-state index contributed by atoms with van der Waals surface area (Å²) in [5.74, 6) is -0.110. The van der Waals surface area contributed by atoms with E-state index in [-0.39, 0.29) is 5.97 Å². The van der Waals surface area contributed by atoms with Crippen LogP contribution in [-0.4, -0.2) is 19.1 Å². The van der Waals surface area contributed by atoms with Crippen LogP contribution in [0.1, 0.15) is 37.6 Å². The van der Waals surface area contributed by atoms with Crippen molar-refractivity contribution in [2.45, 2.75) is 32.7 Å². The summed E-state index contributed by atoms with van der Waals surface area (Å²) in [6.45, 7) is 5.25. The highest BCUT2D eigenvalue weighted by atomic mass is 79.9. The monoisotopic (exact) mass is 319 g/mol. The minimum absolute atomic E-state index is 0.110. The number of carbonyl (C=O) groups is 1. The molecule has 0 aromatic carbocycles. The van der Waals surface area contributed by atoms with Crippen molar-refractivity contribution in [3.63, 3.8) is 0 Å². The molecule has 0 saturated heterocycles. The van der Waals surface area contributed by atoms with Gasteiger partial charge in [0.1, 0.15) is 0 Å². The van der Waals surface area contributed by atoms with Crippen molar-refractivity contribution in [2.24, 2.45) is 0 Å². The van der Waals surface area contributed by atoms with Gasteiger partial charge in [-0.15, -0.1) is 11.3 Å². The van der Waals surface area contributed by atoms with E-state index in [0.29, 0.717) is 19.1 Å². The van der Waals surface area contributed by atoms with Crippen LogP contribution < -0.4 is 5.32 Å². The molecular weight excluding hydrogens is 302 g/mol. The Morgan fingerprint density at radius 2 is 2.35 bits per heavy atom. The molecule has 0 saturated carbocycles. The van der Waals surface area contributed by atoms with Crippen LogP contribution in [0.25, 0.3) is 0 Å². The van der Waals surface area contributed by atoms with E-state index < -0.39 is 0 Å². The van der Waals surface area contributed by atoms with Crippen molar-refractivity contribution < 1.29 is 9.53 Å². The van der Waals surface area contributed by atoms with E-state index in [1.54, 1.807) is 11.3 Å². The maximum atomic E-state index is 11.1. The Kier molecular flexibility index (Phi) is 6.77. The van der Waals surface area contributed by atoms with Crippen molar-refractivity contribution in [1.82, 2.24) is 5.32 Å². The summed E-state index contributed by atoms with van der Waals surface area (Å²) in [7, 11) is 0. The zero-order valence-corrected chi connectivity index (χ0v) is 12.6. The topological polar surface area (TPSA) is 38.3 Å². The van der Waals surface area contributed by atoms with Crippen LogP contribution in [0.4, 0.5) is 0 Å². The fourth-order valence-corrected chi connectivity index (χ4v) is 2.90. The van der Waals surface area contributed by atoms with Crippen molar-refractivity contribution >= 4 is 33.2 Å². The number of nitrogens with one attached hydrogen (secondary N) is 1. The molecule has 0 bridgehead atoms. The van der Waals surface area contributed by atoms with Crippen molar-refractivity contribution in [1.29, 1.82) is 0 Å². The number of hydrogen-bond acceptors (Lipinski definition) is 4. The molecule has 0 fully saturated rings. The number of carbonyl (C=O) groups excluding carboxylic acids is 1. The van der Waals surface area contributed by atoms with E-state index in [0.717, 1.165) is 16.8 Å². The molecule has 1 N–H and O–H groups in total. The largest absolute Gasteiger partial charge is 0.466 e. The molecule has 0 spiro atoms. The summed E-state index contributed by atoms with van der Waals surface area (Å²) in [5.41, 5.74) is 0. The fraction of sp³-hybridized carbons (Fsp3) is 0.583. The smallest absolute Gasteiger partial charge is 0.305 e. The lowest BCUT2D eigenvalue weighted by molar-refractivity contribution is -0.143. The summed E-state index contributed by atoms with van der Waals surface area (Å²) in [5, 5.41) is 3.39. The van der Waals surface area contributed by atoms with E-state index in [9.17, 15) is 4.79 Å². The van der Waals surface area contributed by atoms with E-state index in [1.807, 2.05) is 6.92 Å². The summed E-state index contributed by atoms with van der Waals surface area (Å²) in [6.07, 6.45) is 1.30. The van der Waals surface area contributed by atoms with Crippen molar-refractivity contribution in [3.05, 3.63) is 20.8 Å². The number of thiophene rings is 1. The maximum Gasteiger partial charge on any atom is 0.305 e. The molecule has 0 aliphatic heterocycles. The second-order valence-electron chi connectivity index (χ2n) is 3.73. The van der Waals surface area contributed by atoms with Crippen molar-refractivity contribution in [2.75, 3.05) is 13.2 Å². The molecule has 1 aromatic heterocycles. The Balaban J connectivity index is 2.16. The lowest BCUT2D eigenvalue weighted by atomic mass is 10.2. The van der Waals surface area contributed by atoms with Gasteiger partial charge >= 0.3 is 5.97 Å². The minimum atomic E-state index is -0.110. The first kappa shape index (κ1) is 14.7. The van der Waals surface area contributed by atoms with Gasteiger partial charge in [-0.1, -0.05) is 0 Å². The van der Waals surface area contributed by atoms with Crippen LogP contribution in [0.15, 0.2) is 15.9 Å². The number of esters is 1. The second-order valence-corrected chi connectivity index (χ2v) is 6.22. The van der Waals surface area contributed by atoms with Crippen LogP contribution in [0, 0.1) is 0 Å². The van der Waals surface area contributed by atoms with Gasteiger partial charge in [-0.2, -0.15) is 0 Å². The van der Waals surface area contributed by atoms with Gasteiger partial charge in [-0.25, -0.2) is 0 Å². The van der Waals surface area contributed by atoms with Crippen LogP contribution in [0.2, 0.25) is 0 Å². The van der Waals surface area contributed by atoms with Crippen LogP contribution in [0.5, 0.6) is 0 Å². The first-order valence-electron chi connectivity index (χ1n) is 5.77. The highest BCUT2D eigenvalue weighted by Gasteiger charge is 2.07. The van der Waals surface area contributed by atoms with Gasteiger partial charge in [0, 0.05) is 17.3 Å². The highest BCUT2D eigenvalue weighted by molar-refractivity contribution is 9.11. The number of rotatable bonds is 7. The molecule has 3 nitrogen and oxygen atoms in total. The van der Waals surface area contributed by atoms with Gasteiger partial charge in [0.05, 0.1) is 10.4 Å². The zero-order valence-electron chi connectivity index (χ0n) is 10.2. The molecule has 17 heavy (non-hydrogen) atoms. The highest BCUT2D eigenvalue weighted by Crippen LogP contribution is 2.26. The first-order chi connectivity index (χ1) is 8.13. The minimum Gasteiger partial charge on any atom is -0.466 e. The molecule has 1 unspecified atom stereocenters. The lowest BCUT2D eigenvalue weighted by Crippen LogP contribution is -2.20. The zero-order chi connectivity index (χ0) is 12.7. The molecule has 1 atom stereocenters. The van der Waals surface area contributed by atoms with Crippen LogP contribution in [-0.2, 0) is 9.53 Å². The molecular formula is C12H18BrNO2S. The Hall–Kier alpha value is -0.390. The predicted molar refractivity (Wildman–Crippen MR) is 74.3 cm³/mol. The van der Waals surface area contributed by atoms with Gasteiger partial charge < -0.3 is 10.1 Å². The Morgan fingerprint density at radius 1 is 1.59 bits per heavy atom. The van der Waals surface area contributed by atoms with E-state index >= 15 is 0 Å². The molecule has 0 radical (unpaired) electrons. The molecule has 0 aliphatic rings. The molecule has 1 rings (SSSR count). The molecule has 1 aromatic rings. The standard InChI is InChI=1S/C12H18BrNO2S/c1-3-16-12(15)5-4-8-14-9(2)10-6-7-11(13)17-10/h6-7,9,14H,3-5,8H2,1-2H3. The molecule has 1 heterocycles. The van der Waals surface area contributed by atoms with Gasteiger partial charge in [0.2, 0.25) is 0 Å². The quantitative estimate of drug-likeness (QED) is 0.617. The number of hydrogen-bond donors (Lipinski definition) is 1. The summed E-state index contributed by atoms with van der Waals surface area (Å²) >= 11 is 5.18. The van der Waals surface area contributed by atoms with Gasteiger partial charge in [-0.3, -0.25) is 4.79 Å². The Bertz CT molecular complexity index is 354. The average Bonchev–Trinajstić information content (AvgIpc) is 2.71. The number of halogens is 1. The summed E-state index contributed by atoms with van der Waals surface area (Å²) < 4.78 is 6.01. The molecule has 5 heteroatoms. The predicted octanol–water partition coefficient (Wildman–Crippen LogP) is 3.50. The van der Waals surface area contributed by atoms with E-state index in [4.69, 9.17) is 4.74 Å². The van der Waals surface area contributed by atoms with Crippen LogP contribution in [0.3, 0.4) is 0 Å². The van der Waals surface area contributed by atoms with Gasteiger partial charge in [0.15, 0.2) is 0 Å². The number of ether oxygens (including phenoxy) is 1. The maximum absolute atomic E-state index is 11.1. The van der Waals surface area contributed by atoms with Gasteiger partial charge in [-0.05, 0) is 54.9 Å². The second kappa shape index (κ2) is 7.84. The third-order valence-electron chi connectivity index (χ3n) is 2.33. The Morgan fingerprint density at radius 3 is 2.94 bits per heavy atom. The molecule has 96 valence electrons. The first-order valence-corrected chi connectivity index (χ1v) is 7.38. The fourth-order valence-electron chi connectivity index (χ4n) is 1.45. The summed E-state index contributed by atoms with van der Waals surface area (Å²) in [4.78, 5) is 12.4. The Labute approximate surface area is 115 Å². The van der Waals surface area contributed by atoms with E-state index in [2.05, 4.69) is 40.3 Å². The third-order valence-corrected chi connectivity index (χ3v) is 4.14. The molecule has 0 amide bonds. The summed E-state index contributed by atoms with van der Waals surface area (Å²) in [6, 6.07) is 4.49. The van der Waals surface area contributed by atoms with Crippen LogP contribution >= 0.6 is 27.3 Å². The third kappa shape index (κ3) is 5.66. The lowest BCUT2D eigenvalue weighted by Gasteiger charge is -2.11. The SMILES string of the molecule is CCOC(=O)CCCNC(C)c1ccc(Br)s1. The van der Waals surface area contributed by atoms with Crippen molar-refractivity contribution in [3.8, 4) is 0 Å². The normalized spacial score (nSPS) is 12.4. The average molecular weight is 320 g/mol.